The fourth-order valence-corrected chi connectivity index (χ4v) is 2.47. The second-order valence-electron chi connectivity index (χ2n) is 4.15. The molecule has 0 bridgehead atoms. The molecule has 20 heavy (non-hydrogen) atoms. The van der Waals surface area contributed by atoms with Crippen LogP contribution in [-0.4, -0.2) is 29.4 Å². The van der Waals surface area contributed by atoms with E-state index in [1.165, 1.54) is 22.3 Å². The van der Waals surface area contributed by atoms with Gasteiger partial charge in [-0.3, -0.25) is 4.79 Å². The highest BCUT2D eigenvalue weighted by atomic mass is 32.1. The summed E-state index contributed by atoms with van der Waals surface area (Å²) in [4.78, 5) is 17.7. The highest BCUT2D eigenvalue weighted by Gasteiger charge is 2.16. The summed E-state index contributed by atoms with van der Waals surface area (Å²) in [6, 6.07) is 8.30. The molecule has 0 N–H and O–H groups in total. The molecule has 1 aromatic heterocycles. The van der Waals surface area contributed by atoms with E-state index in [0.717, 1.165) is 0 Å². The zero-order valence-electron chi connectivity index (χ0n) is 10.8. The summed E-state index contributed by atoms with van der Waals surface area (Å²) in [6.45, 7) is 0.349. The summed E-state index contributed by atoms with van der Waals surface area (Å²) in [5.41, 5.74) is 0.657. The minimum Gasteiger partial charge on any atom is -0.339 e. The van der Waals surface area contributed by atoms with E-state index in [9.17, 15) is 9.18 Å². The zero-order valence-corrected chi connectivity index (χ0v) is 11.7. The van der Waals surface area contributed by atoms with Crippen LogP contribution in [0, 0.1) is 17.1 Å². The summed E-state index contributed by atoms with van der Waals surface area (Å²) in [7, 11) is 1.61. The van der Waals surface area contributed by atoms with E-state index in [1.807, 2.05) is 6.07 Å². The molecule has 0 aliphatic carbocycles. The lowest BCUT2D eigenvalue weighted by Crippen LogP contribution is -2.27. The maximum atomic E-state index is 13.6. The van der Waals surface area contributed by atoms with Gasteiger partial charge < -0.3 is 4.90 Å². The number of hydrogen-bond acceptors (Lipinski definition) is 4. The normalized spacial score (nSPS) is 10.1. The molecule has 0 saturated carbocycles. The molecular formula is C14H12FN3OS. The lowest BCUT2D eigenvalue weighted by molar-refractivity contribution is 0.0793. The van der Waals surface area contributed by atoms with Crippen molar-refractivity contribution in [3.05, 3.63) is 41.2 Å². The lowest BCUT2D eigenvalue weighted by Gasteiger charge is -2.13. The summed E-state index contributed by atoms with van der Waals surface area (Å²) >= 11 is 1.22. The van der Waals surface area contributed by atoms with Crippen LogP contribution in [0.3, 0.4) is 0 Å². The van der Waals surface area contributed by atoms with Crippen LogP contribution >= 0.6 is 11.3 Å². The Morgan fingerprint density at radius 1 is 1.50 bits per heavy atom. The molecule has 0 unspecified atom stereocenters. The second kappa shape index (κ2) is 6.26. The minimum absolute atomic E-state index is 0.265. The smallest absolute Gasteiger partial charge is 0.273 e. The van der Waals surface area contributed by atoms with Gasteiger partial charge in [0.05, 0.1) is 12.5 Å². The Labute approximate surface area is 120 Å². The van der Waals surface area contributed by atoms with Gasteiger partial charge in [-0.15, -0.1) is 11.3 Å². The van der Waals surface area contributed by atoms with Gasteiger partial charge in [0.25, 0.3) is 5.91 Å². The van der Waals surface area contributed by atoms with Gasteiger partial charge >= 0.3 is 0 Å². The van der Waals surface area contributed by atoms with E-state index in [0.29, 0.717) is 17.1 Å². The van der Waals surface area contributed by atoms with Crippen LogP contribution in [0.15, 0.2) is 29.6 Å². The monoisotopic (exact) mass is 289 g/mol. The Morgan fingerprint density at radius 3 is 2.95 bits per heavy atom. The molecule has 0 aliphatic heterocycles. The van der Waals surface area contributed by atoms with Crippen LogP contribution in [0.5, 0.6) is 0 Å². The van der Waals surface area contributed by atoms with E-state index in [4.69, 9.17) is 5.26 Å². The molecule has 1 aromatic carbocycles. The summed E-state index contributed by atoms with van der Waals surface area (Å²) in [5.74, 6) is -0.627. The number of amides is 1. The van der Waals surface area contributed by atoms with Gasteiger partial charge in [0.2, 0.25) is 0 Å². The number of rotatable bonds is 4. The Kier molecular flexibility index (Phi) is 4.43. The van der Waals surface area contributed by atoms with E-state index >= 15 is 0 Å². The Hall–Kier alpha value is -2.26. The van der Waals surface area contributed by atoms with Gasteiger partial charge in [-0.05, 0) is 12.1 Å². The quantitative estimate of drug-likeness (QED) is 0.869. The topological polar surface area (TPSA) is 57.0 Å². The van der Waals surface area contributed by atoms with Crippen molar-refractivity contribution in [1.82, 2.24) is 9.88 Å². The number of carbonyl (C=O) groups excluding carboxylic acids is 1. The van der Waals surface area contributed by atoms with Crippen molar-refractivity contribution in [3.8, 4) is 16.6 Å². The van der Waals surface area contributed by atoms with E-state index in [-0.39, 0.29) is 23.8 Å². The van der Waals surface area contributed by atoms with Gasteiger partial charge in [0.15, 0.2) is 0 Å². The Balaban J connectivity index is 2.19. The zero-order chi connectivity index (χ0) is 14.5. The van der Waals surface area contributed by atoms with Crippen molar-refractivity contribution in [2.75, 3.05) is 13.6 Å². The first-order valence-electron chi connectivity index (χ1n) is 5.96. The van der Waals surface area contributed by atoms with Gasteiger partial charge in [0.1, 0.15) is 16.5 Å². The van der Waals surface area contributed by atoms with Crippen LogP contribution < -0.4 is 0 Å². The predicted molar refractivity (Wildman–Crippen MR) is 74.7 cm³/mol. The van der Waals surface area contributed by atoms with Crippen molar-refractivity contribution < 1.29 is 9.18 Å². The second-order valence-corrected chi connectivity index (χ2v) is 5.01. The molecule has 0 saturated heterocycles. The molecule has 0 atom stereocenters. The molecule has 1 amide bonds. The Bertz CT molecular complexity index is 662. The number of aromatic nitrogens is 1. The largest absolute Gasteiger partial charge is 0.339 e. The molecule has 2 rings (SSSR count). The summed E-state index contributed by atoms with van der Waals surface area (Å²) in [5, 5.41) is 10.6. The van der Waals surface area contributed by atoms with Crippen molar-refractivity contribution in [2.24, 2.45) is 0 Å². The number of benzene rings is 1. The third-order valence-corrected chi connectivity index (χ3v) is 3.61. The molecular weight excluding hydrogens is 277 g/mol. The van der Waals surface area contributed by atoms with E-state index in [1.54, 1.807) is 30.6 Å². The lowest BCUT2D eigenvalue weighted by atomic mass is 10.2. The van der Waals surface area contributed by atoms with Crippen molar-refractivity contribution in [1.29, 1.82) is 5.26 Å². The highest BCUT2D eigenvalue weighted by Crippen LogP contribution is 2.26. The van der Waals surface area contributed by atoms with Crippen LogP contribution in [0.2, 0.25) is 0 Å². The third kappa shape index (κ3) is 3.00. The fraction of sp³-hybridized carbons (Fsp3) is 0.214. The number of nitrogens with zero attached hydrogens (tertiary/aromatic N) is 3. The van der Waals surface area contributed by atoms with Crippen LogP contribution in [0.1, 0.15) is 16.9 Å². The maximum absolute atomic E-state index is 13.6. The third-order valence-electron chi connectivity index (χ3n) is 2.73. The van der Waals surface area contributed by atoms with Crippen molar-refractivity contribution >= 4 is 17.2 Å². The first kappa shape index (κ1) is 14.2. The molecule has 102 valence electrons. The van der Waals surface area contributed by atoms with E-state index < -0.39 is 0 Å². The molecule has 1 heterocycles. The first-order chi connectivity index (χ1) is 9.63. The summed E-state index contributed by atoms with van der Waals surface area (Å²) in [6.07, 6.45) is 0.270. The minimum atomic E-state index is -0.362. The molecule has 0 spiro atoms. The van der Waals surface area contributed by atoms with E-state index in [2.05, 4.69) is 4.98 Å². The van der Waals surface area contributed by atoms with Crippen LogP contribution in [0.25, 0.3) is 10.6 Å². The predicted octanol–water partition coefficient (Wildman–Crippen LogP) is 2.93. The summed E-state index contributed by atoms with van der Waals surface area (Å²) < 4.78 is 13.6. The first-order valence-corrected chi connectivity index (χ1v) is 6.84. The van der Waals surface area contributed by atoms with Crippen molar-refractivity contribution in [3.63, 3.8) is 0 Å². The highest BCUT2D eigenvalue weighted by molar-refractivity contribution is 7.13. The fourth-order valence-electron chi connectivity index (χ4n) is 1.65. The molecule has 4 nitrogen and oxygen atoms in total. The van der Waals surface area contributed by atoms with Gasteiger partial charge in [0, 0.05) is 24.5 Å². The number of carbonyl (C=O) groups is 1. The van der Waals surface area contributed by atoms with Gasteiger partial charge in [-0.25, -0.2) is 9.37 Å². The average Bonchev–Trinajstić information content (AvgIpc) is 2.94. The average molecular weight is 289 g/mol. The number of nitriles is 1. The molecule has 6 heteroatoms. The molecule has 2 aromatic rings. The maximum Gasteiger partial charge on any atom is 0.273 e. The van der Waals surface area contributed by atoms with Crippen LogP contribution in [0.4, 0.5) is 4.39 Å². The molecule has 0 aliphatic rings. The number of hydrogen-bond donors (Lipinski definition) is 0. The molecule has 0 fully saturated rings. The van der Waals surface area contributed by atoms with Gasteiger partial charge in [-0.2, -0.15) is 5.26 Å². The van der Waals surface area contributed by atoms with Crippen LogP contribution in [-0.2, 0) is 0 Å². The Morgan fingerprint density at radius 2 is 2.25 bits per heavy atom. The molecule has 0 radical (unpaired) electrons. The van der Waals surface area contributed by atoms with Crippen molar-refractivity contribution in [2.45, 2.75) is 6.42 Å². The SMILES string of the molecule is CN(CCC#N)C(=O)c1csc(-c2ccccc2F)n1. The van der Waals surface area contributed by atoms with Gasteiger partial charge in [-0.1, -0.05) is 12.1 Å². The standard InChI is InChI=1S/C14H12FN3OS/c1-18(8-4-7-16)14(19)12-9-20-13(17-12)10-5-2-3-6-11(10)15/h2-3,5-6,9H,4,8H2,1H3. The number of thiazole rings is 1. The number of halogens is 1.